The first kappa shape index (κ1) is 24.2. The molecule has 32 heavy (non-hydrogen) atoms. The van der Waals surface area contributed by atoms with Gasteiger partial charge in [0.2, 0.25) is 0 Å². The number of nitrogens with zero attached hydrogens (tertiary/aromatic N) is 2. The minimum absolute atomic E-state index is 0.129. The third-order valence-corrected chi connectivity index (χ3v) is 5.78. The van der Waals surface area contributed by atoms with Gasteiger partial charge in [0.1, 0.15) is 0 Å². The molecule has 7 heteroatoms. The van der Waals surface area contributed by atoms with Crippen LogP contribution in [0.4, 0.5) is 5.69 Å². The molecule has 1 aliphatic heterocycles. The summed E-state index contributed by atoms with van der Waals surface area (Å²) in [4.78, 5) is 17.0. The summed E-state index contributed by atoms with van der Waals surface area (Å²) in [6.45, 7) is 8.62. The second kappa shape index (κ2) is 11.4. The van der Waals surface area contributed by atoms with E-state index < -0.39 is 0 Å². The van der Waals surface area contributed by atoms with Crippen molar-refractivity contribution in [3.63, 3.8) is 0 Å². The van der Waals surface area contributed by atoms with E-state index in [1.165, 1.54) is 5.69 Å². The molecule has 0 radical (unpaired) electrons. The second-order valence-corrected chi connectivity index (χ2v) is 8.85. The zero-order chi connectivity index (χ0) is 23.1. The van der Waals surface area contributed by atoms with E-state index in [9.17, 15) is 4.79 Å². The first-order valence-corrected chi connectivity index (χ1v) is 11.4. The van der Waals surface area contributed by atoms with E-state index >= 15 is 0 Å². The van der Waals surface area contributed by atoms with Gasteiger partial charge in [-0.3, -0.25) is 4.79 Å². The lowest BCUT2D eigenvalue weighted by Crippen LogP contribution is -2.36. The normalized spacial score (nSPS) is 13.9. The molecule has 1 saturated heterocycles. The Hall–Kier alpha value is -2.44. The van der Waals surface area contributed by atoms with Crippen LogP contribution in [-0.2, 0) is 11.3 Å². The molecule has 1 fully saturated rings. The minimum atomic E-state index is -0.129. The van der Waals surface area contributed by atoms with Crippen LogP contribution in [0.1, 0.15) is 36.2 Å². The number of anilines is 1. The van der Waals surface area contributed by atoms with Crippen molar-refractivity contribution < 1.29 is 19.0 Å². The lowest BCUT2D eigenvalue weighted by molar-refractivity contribution is 0.0784. The molecule has 6 nitrogen and oxygen atoms in total. The average molecular weight is 461 g/mol. The molecular formula is C25H33ClN2O4. The van der Waals surface area contributed by atoms with Crippen LogP contribution in [0.15, 0.2) is 36.4 Å². The van der Waals surface area contributed by atoms with Crippen LogP contribution in [0.3, 0.4) is 0 Å². The molecule has 0 saturated carbocycles. The number of morpholine rings is 1. The number of carbonyl (C=O) groups is 1. The Bertz CT molecular complexity index is 896. The number of rotatable bonds is 9. The first-order valence-electron chi connectivity index (χ1n) is 11.1. The van der Waals surface area contributed by atoms with Gasteiger partial charge in [-0.15, -0.1) is 0 Å². The fourth-order valence-corrected chi connectivity index (χ4v) is 3.85. The summed E-state index contributed by atoms with van der Waals surface area (Å²) >= 11 is 6.44. The van der Waals surface area contributed by atoms with Gasteiger partial charge >= 0.3 is 0 Å². The molecule has 3 rings (SSSR count). The zero-order valence-electron chi connectivity index (χ0n) is 19.4. The number of ether oxygens (including phenoxy) is 3. The summed E-state index contributed by atoms with van der Waals surface area (Å²) in [5.41, 5.74) is 2.70. The van der Waals surface area contributed by atoms with Crippen molar-refractivity contribution >= 4 is 23.2 Å². The van der Waals surface area contributed by atoms with E-state index in [0.29, 0.717) is 41.2 Å². The maximum absolute atomic E-state index is 13.0. The monoisotopic (exact) mass is 460 g/mol. The van der Waals surface area contributed by atoms with Crippen LogP contribution in [-0.4, -0.2) is 57.9 Å². The third kappa shape index (κ3) is 6.30. The van der Waals surface area contributed by atoms with Crippen LogP contribution in [0.2, 0.25) is 5.02 Å². The van der Waals surface area contributed by atoms with Crippen molar-refractivity contribution in [1.82, 2.24) is 4.90 Å². The Kier molecular flexibility index (Phi) is 8.65. The lowest BCUT2D eigenvalue weighted by Gasteiger charge is -2.29. The van der Waals surface area contributed by atoms with E-state index in [0.717, 1.165) is 38.3 Å². The highest BCUT2D eigenvalue weighted by Gasteiger charge is 2.19. The van der Waals surface area contributed by atoms with Gasteiger partial charge in [-0.2, -0.15) is 0 Å². The summed E-state index contributed by atoms with van der Waals surface area (Å²) in [5, 5.41) is 0.375. The van der Waals surface area contributed by atoms with E-state index in [-0.39, 0.29) is 5.91 Å². The molecule has 0 aromatic heterocycles. The Balaban J connectivity index is 1.66. The van der Waals surface area contributed by atoms with Crippen LogP contribution < -0.4 is 14.4 Å². The number of amides is 1. The highest BCUT2D eigenvalue weighted by Crippen LogP contribution is 2.37. The van der Waals surface area contributed by atoms with E-state index in [4.69, 9.17) is 25.8 Å². The van der Waals surface area contributed by atoms with Crippen molar-refractivity contribution in [2.45, 2.75) is 26.8 Å². The molecule has 1 heterocycles. The summed E-state index contributed by atoms with van der Waals surface area (Å²) < 4.78 is 16.7. The zero-order valence-corrected chi connectivity index (χ0v) is 20.2. The van der Waals surface area contributed by atoms with Crippen molar-refractivity contribution in [2.75, 3.05) is 52.0 Å². The second-order valence-electron chi connectivity index (χ2n) is 8.45. The molecule has 2 aromatic carbocycles. The molecule has 174 valence electrons. The van der Waals surface area contributed by atoms with Crippen LogP contribution in [0.25, 0.3) is 0 Å². The summed E-state index contributed by atoms with van der Waals surface area (Å²) in [6.07, 6.45) is 0.910. The number of hydrogen-bond donors (Lipinski definition) is 0. The van der Waals surface area contributed by atoms with Crippen molar-refractivity contribution in [3.05, 3.63) is 52.5 Å². The van der Waals surface area contributed by atoms with Gasteiger partial charge in [0.05, 0.1) is 32.0 Å². The van der Waals surface area contributed by atoms with Gasteiger partial charge in [0.15, 0.2) is 11.5 Å². The number of carbonyl (C=O) groups excluding carboxylic acids is 1. The van der Waals surface area contributed by atoms with Crippen molar-refractivity contribution in [3.8, 4) is 11.5 Å². The molecule has 0 bridgehead atoms. The topological polar surface area (TPSA) is 51.2 Å². The fraction of sp³-hybridized carbons (Fsp3) is 0.480. The predicted octanol–water partition coefficient (Wildman–Crippen LogP) is 4.88. The maximum atomic E-state index is 13.0. The molecule has 0 unspecified atom stereocenters. The quantitative estimate of drug-likeness (QED) is 0.533. The smallest absolute Gasteiger partial charge is 0.254 e. The molecular weight excluding hydrogens is 428 g/mol. The fourth-order valence-electron chi connectivity index (χ4n) is 3.58. The summed E-state index contributed by atoms with van der Waals surface area (Å²) in [6, 6.07) is 11.7. The van der Waals surface area contributed by atoms with Crippen molar-refractivity contribution in [2.24, 2.45) is 5.92 Å². The van der Waals surface area contributed by atoms with E-state index in [1.807, 2.05) is 0 Å². The summed E-state index contributed by atoms with van der Waals surface area (Å²) in [7, 11) is 3.33. The lowest BCUT2D eigenvalue weighted by atomic mass is 10.1. The highest BCUT2D eigenvalue weighted by atomic mass is 35.5. The molecule has 2 aromatic rings. The predicted molar refractivity (Wildman–Crippen MR) is 128 cm³/mol. The molecule has 0 N–H and O–H groups in total. The SMILES string of the molecule is COc1cc(C(=O)N(C)Cc2ccc(N3CCOCC3)cc2)cc(Cl)c1OCCC(C)C. The Morgan fingerprint density at radius 1 is 1.19 bits per heavy atom. The first-order chi connectivity index (χ1) is 15.4. The van der Waals surface area contributed by atoms with Crippen LogP contribution in [0, 0.1) is 5.92 Å². The van der Waals surface area contributed by atoms with Gasteiger partial charge < -0.3 is 24.0 Å². The minimum Gasteiger partial charge on any atom is -0.493 e. The van der Waals surface area contributed by atoms with Gasteiger partial charge in [-0.05, 0) is 42.2 Å². The molecule has 1 amide bonds. The van der Waals surface area contributed by atoms with Crippen LogP contribution in [0.5, 0.6) is 11.5 Å². The van der Waals surface area contributed by atoms with Crippen molar-refractivity contribution in [1.29, 1.82) is 0 Å². The Morgan fingerprint density at radius 2 is 1.88 bits per heavy atom. The van der Waals surface area contributed by atoms with Crippen LogP contribution >= 0.6 is 11.6 Å². The molecule has 0 spiro atoms. The van der Waals surface area contributed by atoms with Gasteiger partial charge in [-0.25, -0.2) is 0 Å². The maximum Gasteiger partial charge on any atom is 0.254 e. The Labute approximate surface area is 196 Å². The largest absolute Gasteiger partial charge is 0.493 e. The number of benzene rings is 2. The summed E-state index contributed by atoms with van der Waals surface area (Å²) in [5.74, 6) is 1.34. The number of methoxy groups -OCH3 is 1. The average Bonchev–Trinajstić information content (AvgIpc) is 2.80. The van der Waals surface area contributed by atoms with Gasteiger partial charge in [0.25, 0.3) is 5.91 Å². The standard InChI is InChI=1S/C25H33ClN2O4/c1-18(2)9-12-32-24-22(26)15-20(16-23(24)30-4)25(29)27(3)17-19-5-7-21(8-6-19)28-10-13-31-14-11-28/h5-8,15-16,18H,9-14,17H2,1-4H3. The van der Waals surface area contributed by atoms with E-state index in [2.05, 4.69) is 43.0 Å². The number of halogens is 1. The molecule has 0 aliphatic carbocycles. The molecule has 1 aliphatic rings. The van der Waals surface area contributed by atoms with Gasteiger partial charge in [-0.1, -0.05) is 37.6 Å². The van der Waals surface area contributed by atoms with E-state index in [1.54, 1.807) is 31.2 Å². The van der Waals surface area contributed by atoms with Gasteiger partial charge in [0, 0.05) is 37.9 Å². The molecule has 0 atom stereocenters. The third-order valence-electron chi connectivity index (χ3n) is 5.50. The Morgan fingerprint density at radius 3 is 2.50 bits per heavy atom. The highest BCUT2D eigenvalue weighted by molar-refractivity contribution is 6.32. The number of hydrogen-bond acceptors (Lipinski definition) is 5.